The van der Waals surface area contributed by atoms with Crippen molar-refractivity contribution in [2.24, 2.45) is 0 Å². The lowest BCUT2D eigenvalue weighted by Gasteiger charge is -2.08. The number of carbonyl (C=O) groups excluding carboxylic acids is 3. The lowest BCUT2D eigenvalue weighted by Crippen LogP contribution is -2.21. The number of aryl methyl sites for hydroxylation is 1. The van der Waals surface area contributed by atoms with Gasteiger partial charge in [-0.15, -0.1) is 0 Å². The van der Waals surface area contributed by atoms with E-state index in [4.69, 9.17) is 16.3 Å². The van der Waals surface area contributed by atoms with Crippen LogP contribution in [0, 0.1) is 6.92 Å². The fourth-order valence-electron chi connectivity index (χ4n) is 2.29. The SMILES string of the molecule is Cc1cc(NC(=O)COC(=O)CCCC(=O)Nc2ccc(Cl)cc2)ccc1Br. The first-order chi connectivity index (χ1) is 13.3. The summed E-state index contributed by atoms with van der Waals surface area (Å²) in [7, 11) is 0. The average molecular weight is 468 g/mol. The number of carbonyl (C=O) groups is 3. The molecule has 0 radical (unpaired) electrons. The van der Waals surface area contributed by atoms with Crippen LogP contribution in [0.2, 0.25) is 5.02 Å². The highest BCUT2D eigenvalue weighted by atomic mass is 79.9. The van der Waals surface area contributed by atoms with Crippen LogP contribution < -0.4 is 10.6 Å². The monoisotopic (exact) mass is 466 g/mol. The second-order valence-corrected chi connectivity index (χ2v) is 7.37. The van der Waals surface area contributed by atoms with E-state index in [2.05, 4.69) is 26.6 Å². The Bertz CT molecular complexity index is 856. The van der Waals surface area contributed by atoms with Crippen LogP contribution in [0.15, 0.2) is 46.9 Å². The third-order valence-corrected chi connectivity index (χ3v) is 4.86. The first-order valence-electron chi connectivity index (χ1n) is 8.60. The van der Waals surface area contributed by atoms with Crippen LogP contribution in [0.3, 0.4) is 0 Å². The first kappa shape index (κ1) is 21.9. The van der Waals surface area contributed by atoms with Crippen molar-refractivity contribution in [1.29, 1.82) is 0 Å². The molecule has 148 valence electrons. The van der Waals surface area contributed by atoms with Crippen molar-refractivity contribution in [2.75, 3.05) is 17.2 Å². The van der Waals surface area contributed by atoms with Crippen molar-refractivity contribution < 1.29 is 19.1 Å². The summed E-state index contributed by atoms with van der Waals surface area (Å²) >= 11 is 9.17. The molecule has 28 heavy (non-hydrogen) atoms. The lowest BCUT2D eigenvalue weighted by molar-refractivity contribution is -0.147. The molecule has 0 heterocycles. The molecule has 0 aliphatic carbocycles. The number of benzene rings is 2. The zero-order chi connectivity index (χ0) is 20.5. The molecule has 0 bridgehead atoms. The van der Waals surface area contributed by atoms with Crippen LogP contribution in [0.4, 0.5) is 11.4 Å². The van der Waals surface area contributed by atoms with Crippen LogP contribution in [-0.4, -0.2) is 24.4 Å². The molecule has 0 aromatic heterocycles. The number of nitrogens with one attached hydrogen (secondary N) is 2. The Morgan fingerprint density at radius 1 is 0.964 bits per heavy atom. The van der Waals surface area contributed by atoms with Crippen LogP contribution in [0.1, 0.15) is 24.8 Å². The highest BCUT2D eigenvalue weighted by Crippen LogP contribution is 2.20. The van der Waals surface area contributed by atoms with Crippen LogP contribution in [-0.2, 0) is 19.1 Å². The van der Waals surface area contributed by atoms with Crippen molar-refractivity contribution in [3.05, 3.63) is 57.5 Å². The van der Waals surface area contributed by atoms with E-state index in [1.165, 1.54) is 0 Å². The number of esters is 1. The maximum Gasteiger partial charge on any atom is 0.306 e. The molecule has 0 spiro atoms. The standard InChI is InChI=1S/C20H20BrClN2O4/c1-13-11-16(9-10-17(13)21)24-19(26)12-28-20(27)4-2-3-18(25)23-15-7-5-14(22)6-8-15/h5-11H,2-4,12H2,1H3,(H,23,25)(H,24,26). The van der Waals surface area contributed by atoms with E-state index in [0.717, 1.165) is 10.0 Å². The summed E-state index contributed by atoms with van der Waals surface area (Å²) in [5.41, 5.74) is 2.24. The van der Waals surface area contributed by atoms with Gasteiger partial charge in [0.05, 0.1) is 0 Å². The Morgan fingerprint density at radius 2 is 1.61 bits per heavy atom. The minimum Gasteiger partial charge on any atom is -0.456 e. The molecular formula is C20H20BrClN2O4. The zero-order valence-corrected chi connectivity index (χ0v) is 17.6. The van der Waals surface area contributed by atoms with E-state index in [-0.39, 0.29) is 25.4 Å². The topological polar surface area (TPSA) is 84.5 Å². The number of amides is 2. The second-order valence-electron chi connectivity index (χ2n) is 6.08. The van der Waals surface area contributed by atoms with Crippen LogP contribution in [0.25, 0.3) is 0 Å². The summed E-state index contributed by atoms with van der Waals surface area (Å²) in [6.45, 7) is 1.54. The third-order valence-electron chi connectivity index (χ3n) is 3.72. The van der Waals surface area contributed by atoms with E-state index < -0.39 is 11.9 Å². The molecule has 2 amide bonds. The Balaban J connectivity index is 1.63. The predicted molar refractivity (Wildman–Crippen MR) is 112 cm³/mol. The molecule has 0 unspecified atom stereocenters. The summed E-state index contributed by atoms with van der Waals surface area (Å²) in [5.74, 6) is -1.16. The van der Waals surface area contributed by atoms with Crippen LogP contribution >= 0.6 is 27.5 Å². The van der Waals surface area contributed by atoms with Gasteiger partial charge >= 0.3 is 5.97 Å². The molecule has 8 heteroatoms. The zero-order valence-electron chi connectivity index (χ0n) is 15.3. The molecule has 2 aromatic carbocycles. The second kappa shape index (κ2) is 10.8. The number of hydrogen-bond acceptors (Lipinski definition) is 4. The molecule has 0 aliphatic rings. The molecule has 6 nitrogen and oxygen atoms in total. The number of ether oxygens (including phenoxy) is 1. The maximum atomic E-state index is 11.8. The molecule has 2 rings (SSSR count). The van der Waals surface area contributed by atoms with Crippen LogP contribution in [0.5, 0.6) is 0 Å². The summed E-state index contributed by atoms with van der Waals surface area (Å²) in [6.07, 6.45) is 0.548. The van der Waals surface area contributed by atoms with E-state index in [1.807, 2.05) is 19.1 Å². The summed E-state index contributed by atoms with van der Waals surface area (Å²) in [5, 5.41) is 5.96. The van der Waals surface area contributed by atoms with Gasteiger partial charge in [0.2, 0.25) is 5.91 Å². The summed E-state index contributed by atoms with van der Waals surface area (Å²) in [6, 6.07) is 12.1. The third kappa shape index (κ3) is 7.70. The van der Waals surface area contributed by atoms with Gasteiger partial charge in [-0.25, -0.2) is 0 Å². The molecule has 0 saturated heterocycles. The van der Waals surface area contributed by atoms with E-state index >= 15 is 0 Å². The summed E-state index contributed by atoms with van der Waals surface area (Å²) in [4.78, 5) is 35.4. The molecule has 2 N–H and O–H groups in total. The van der Waals surface area contributed by atoms with Crippen molar-refractivity contribution in [2.45, 2.75) is 26.2 Å². The fourth-order valence-corrected chi connectivity index (χ4v) is 2.66. The predicted octanol–water partition coefficient (Wildman–Crippen LogP) is 4.70. The van der Waals surface area contributed by atoms with Gasteiger partial charge < -0.3 is 15.4 Å². The molecule has 0 aliphatic heterocycles. The van der Waals surface area contributed by atoms with Gasteiger partial charge in [0.15, 0.2) is 6.61 Å². The molecular weight excluding hydrogens is 448 g/mol. The Kier molecular flexibility index (Phi) is 8.47. The average Bonchev–Trinajstić information content (AvgIpc) is 2.65. The summed E-state index contributed by atoms with van der Waals surface area (Å²) < 4.78 is 5.88. The Hall–Kier alpha value is -2.38. The normalized spacial score (nSPS) is 10.2. The van der Waals surface area contributed by atoms with Gasteiger partial charge in [-0.05, 0) is 61.4 Å². The van der Waals surface area contributed by atoms with Gasteiger partial charge in [-0.2, -0.15) is 0 Å². The van der Waals surface area contributed by atoms with Gasteiger partial charge in [-0.3, -0.25) is 14.4 Å². The largest absolute Gasteiger partial charge is 0.456 e. The number of hydrogen-bond donors (Lipinski definition) is 2. The molecule has 0 fully saturated rings. The Labute approximate surface area is 176 Å². The van der Waals surface area contributed by atoms with Crippen molar-refractivity contribution in [1.82, 2.24) is 0 Å². The number of halogens is 2. The van der Waals surface area contributed by atoms with Gasteiger partial charge in [0.25, 0.3) is 5.91 Å². The van der Waals surface area contributed by atoms with Crippen molar-refractivity contribution >= 4 is 56.7 Å². The number of anilines is 2. The highest BCUT2D eigenvalue weighted by molar-refractivity contribution is 9.10. The van der Waals surface area contributed by atoms with Gasteiger partial charge in [0.1, 0.15) is 0 Å². The maximum absolute atomic E-state index is 11.8. The Morgan fingerprint density at radius 3 is 2.29 bits per heavy atom. The highest BCUT2D eigenvalue weighted by Gasteiger charge is 2.10. The lowest BCUT2D eigenvalue weighted by atomic mass is 10.2. The molecule has 0 saturated carbocycles. The van der Waals surface area contributed by atoms with Gasteiger partial charge in [-0.1, -0.05) is 27.5 Å². The minimum atomic E-state index is -0.526. The molecule has 2 aromatic rings. The van der Waals surface area contributed by atoms with Crippen molar-refractivity contribution in [3.8, 4) is 0 Å². The molecule has 0 atom stereocenters. The first-order valence-corrected chi connectivity index (χ1v) is 9.77. The van der Waals surface area contributed by atoms with E-state index in [0.29, 0.717) is 22.8 Å². The smallest absolute Gasteiger partial charge is 0.306 e. The van der Waals surface area contributed by atoms with E-state index in [9.17, 15) is 14.4 Å². The fraction of sp³-hybridized carbons (Fsp3) is 0.250. The van der Waals surface area contributed by atoms with Crippen molar-refractivity contribution in [3.63, 3.8) is 0 Å². The van der Waals surface area contributed by atoms with Gasteiger partial charge in [0, 0.05) is 33.7 Å². The quantitative estimate of drug-likeness (QED) is 0.551. The minimum absolute atomic E-state index is 0.0543. The number of rotatable bonds is 8. The van der Waals surface area contributed by atoms with E-state index in [1.54, 1.807) is 30.3 Å².